The zero-order valence-corrected chi connectivity index (χ0v) is 24.0. The maximum absolute atomic E-state index is 11.4. The van der Waals surface area contributed by atoms with Gasteiger partial charge in [0.25, 0.3) is 10.1 Å². The van der Waals surface area contributed by atoms with Crippen molar-refractivity contribution in [2.45, 2.75) is 4.90 Å². The fourth-order valence-electron chi connectivity index (χ4n) is 4.83. The minimum atomic E-state index is -4.47. The summed E-state index contributed by atoms with van der Waals surface area (Å²) < 4.78 is 35.3. The molecule has 2 N–H and O–H groups in total. The van der Waals surface area contributed by atoms with Gasteiger partial charge in [0, 0.05) is 0 Å². The molecule has 0 aliphatic rings. The van der Waals surface area contributed by atoms with Crippen LogP contribution >= 0.6 is 7.26 Å². The Morgan fingerprint density at radius 2 is 0.927 bits per heavy atom. The van der Waals surface area contributed by atoms with Crippen molar-refractivity contribution in [1.29, 1.82) is 0 Å². The average Bonchev–Trinajstić information content (AvgIpc) is 3.02. The third-order valence-corrected chi connectivity index (χ3v) is 12.2. The molecule has 0 bridgehead atoms. The van der Waals surface area contributed by atoms with Crippen molar-refractivity contribution in [2.75, 3.05) is 13.2 Å². The number of ether oxygens (including phenoxy) is 1. The predicted octanol–water partition coefficient (Wildman–Crippen LogP) is 4.12. The van der Waals surface area contributed by atoms with E-state index in [2.05, 4.69) is 126 Å². The molecule has 5 aromatic rings. The molecule has 0 aliphatic carbocycles. The van der Waals surface area contributed by atoms with Crippen LogP contribution in [0.3, 0.4) is 0 Å². The van der Waals surface area contributed by atoms with Crippen LogP contribution in [0, 0.1) is 0 Å². The van der Waals surface area contributed by atoms with Gasteiger partial charge in [0.1, 0.15) is 11.5 Å². The van der Waals surface area contributed by atoms with Crippen molar-refractivity contribution in [3.05, 3.63) is 151 Å². The fraction of sp³-hybridized carbons (Fsp3) is 0.0606. The SMILES string of the molecule is O=C(OCCO)c1ccccc1S(=O)(=O)O.c1ccc([PH](c2ccccc2)(c2ccccc2)c2ccccc2)cc1. The van der Waals surface area contributed by atoms with Crippen LogP contribution in [0.5, 0.6) is 0 Å². The molecule has 0 radical (unpaired) electrons. The van der Waals surface area contributed by atoms with Crippen LogP contribution in [0.25, 0.3) is 0 Å². The Hall–Kier alpha value is -4.13. The number of hydrogen-bond donors (Lipinski definition) is 2. The zero-order valence-electron chi connectivity index (χ0n) is 22.2. The average molecular weight is 587 g/mol. The summed E-state index contributed by atoms with van der Waals surface area (Å²) in [6.45, 7) is -0.599. The van der Waals surface area contributed by atoms with E-state index in [1.165, 1.54) is 39.4 Å². The summed E-state index contributed by atoms with van der Waals surface area (Å²) in [6.07, 6.45) is 0. The molecule has 0 spiro atoms. The number of esters is 1. The molecule has 210 valence electrons. The molecule has 0 amide bonds. The van der Waals surface area contributed by atoms with Crippen molar-refractivity contribution >= 4 is 44.6 Å². The van der Waals surface area contributed by atoms with Gasteiger partial charge in [-0.05, 0) is 12.1 Å². The molecule has 0 aliphatic heterocycles. The van der Waals surface area contributed by atoms with Crippen LogP contribution in [-0.2, 0) is 14.9 Å². The number of rotatable bonds is 8. The Labute approximate surface area is 241 Å². The number of benzene rings is 5. The van der Waals surface area contributed by atoms with Crippen molar-refractivity contribution in [2.24, 2.45) is 0 Å². The monoisotopic (exact) mass is 586 g/mol. The van der Waals surface area contributed by atoms with E-state index >= 15 is 0 Å². The first-order valence-corrected chi connectivity index (χ1v) is 16.4. The van der Waals surface area contributed by atoms with Gasteiger partial charge in [-0.3, -0.25) is 4.55 Å². The normalized spacial score (nSPS) is 11.6. The Balaban J connectivity index is 0.000000210. The molecule has 0 heterocycles. The second-order valence-electron chi connectivity index (χ2n) is 9.04. The van der Waals surface area contributed by atoms with Crippen molar-refractivity contribution in [3.8, 4) is 0 Å². The molecule has 0 aromatic heterocycles. The van der Waals surface area contributed by atoms with Gasteiger partial charge in [-0.1, -0.05) is 12.1 Å². The Morgan fingerprint density at radius 3 is 1.27 bits per heavy atom. The van der Waals surface area contributed by atoms with Crippen LogP contribution in [0.1, 0.15) is 10.4 Å². The third-order valence-electron chi connectivity index (χ3n) is 6.54. The number of carbonyl (C=O) groups excluding carboxylic acids is 1. The Kier molecular flexibility index (Phi) is 10.2. The number of aliphatic hydroxyl groups excluding tert-OH is 1. The van der Waals surface area contributed by atoms with E-state index in [0.29, 0.717) is 0 Å². The molecule has 0 atom stereocenters. The molecule has 0 saturated carbocycles. The van der Waals surface area contributed by atoms with Crippen LogP contribution in [0.4, 0.5) is 0 Å². The second-order valence-corrected chi connectivity index (χ2v) is 14.2. The van der Waals surface area contributed by atoms with Crippen molar-refractivity contribution in [1.82, 2.24) is 0 Å². The van der Waals surface area contributed by atoms with E-state index in [0.717, 1.165) is 6.07 Å². The quantitative estimate of drug-likeness (QED) is 0.161. The first kappa shape index (κ1) is 29.8. The predicted molar refractivity (Wildman–Crippen MR) is 166 cm³/mol. The number of hydrogen-bond acceptors (Lipinski definition) is 5. The van der Waals surface area contributed by atoms with E-state index in [1.807, 2.05) is 0 Å². The molecule has 0 unspecified atom stereocenters. The van der Waals surface area contributed by atoms with Gasteiger partial charge < -0.3 is 9.84 Å². The number of aliphatic hydroxyl groups is 1. The molecule has 6 nitrogen and oxygen atoms in total. The van der Waals surface area contributed by atoms with E-state index in [1.54, 1.807) is 0 Å². The van der Waals surface area contributed by atoms with Gasteiger partial charge in [0.2, 0.25) is 0 Å². The number of carbonyl (C=O) groups is 1. The van der Waals surface area contributed by atoms with E-state index < -0.39 is 28.2 Å². The summed E-state index contributed by atoms with van der Waals surface area (Å²) in [4.78, 5) is 10.8. The first-order chi connectivity index (χ1) is 19.9. The summed E-state index contributed by atoms with van der Waals surface area (Å²) in [5.74, 6) is -0.915. The fourth-order valence-corrected chi connectivity index (χ4v) is 10.3. The van der Waals surface area contributed by atoms with Crippen LogP contribution in [-0.4, -0.2) is 37.3 Å². The topological polar surface area (TPSA) is 101 Å². The summed E-state index contributed by atoms with van der Waals surface area (Å²) in [5, 5.41) is 14.1. The van der Waals surface area contributed by atoms with E-state index in [4.69, 9.17) is 9.66 Å². The van der Waals surface area contributed by atoms with Gasteiger partial charge in [-0.15, -0.1) is 0 Å². The molecule has 0 fully saturated rings. The minimum absolute atomic E-state index is 0.237. The Morgan fingerprint density at radius 1 is 0.585 bits per heavy atom. The van der Waals surface area contributed by atoms with Gasteiger partial charge >= 0.3 is 156 Å². The van der Waals surface area contributed by atoms with Crippen LogP contribution < -0.4 is 21.2 Å². The van der Waals surface area contributed by atoms with Gasteiger partial charge in [0.15, 0.2) is 0 Å². The molecular weight excluding hydrogens is 555 g/mol. The standard InChI is InChI=1S/C24H21P.C9H10O6S/c1-5-13-21(14-6-1)25(22-15-7-2-8-16-22,23-17-9-3-10-18-23)24-19-11-4-12-20-24;10-5-6-15-9(11)7-3-1-2-4-8(7)16(12,13)14/h1-20,25H;1-4,10H,5-6H2,(H,12,13,14). The van der Waals surface area contributed by atoms with Gasteiger partial charge in [-0.2, -0.15) is 8.42 Å². The summed E-state index contributed by atoms with van der Waals surface area (Å²) in [5.41, 5.74) is -0.265. The van der Waals surface area contributed by atoms with Crippen molar-refractivity contribution in [3.63, 3.8) is 0 Å². The molecular formula is C33H31O6PS. The molecule has 8 heteroatoms. The zero-order chi connectivity index (χ0) is 29.1. The van der Waals surface area contributed by atoms with E-state index in [9.17, 15) is 13.2 Å². The summed E-state index contributed by atoms with van der Waals surface area (Å²) in [7, 11) is -6.77. The molecule has 5 aromatic carbocycles. The molecule has 0 saturated heterocycles. The third kappa shape index (κ3) is 6.96. The first-order valence-electron chi connectivity index (χ1n) is 13.0. The molecule has 5 rings (SSSR count). The Bertz CT molecular complexity index is 1480. The summed E-state index contributed by atoms with van der Waals surface area (Å²) in [6, 6.07) is 49.1. The van der Waals surface area contributed by atoms with Crippen molar-refractivity contribution < 1.29 is 27.6 Å². The maximum atomic E-state index is 11.4. The van der Waals surface area contributed by atoms with Gasteiger partial charge in [0.05, 0.1) is 12.2 Å². The molecule has 41 heavy (non-hydrogen) atoms. The van der Waals surface area contributed by atoms with Crippen LogP contribution in [0.2, 0.25) is 0 Å². The summed E-state index contributed by atoms with van der Waals surface area (Å²) >= 11 is 0. The van der Waals surface area contributed by atoms with E-state index in [-0.39, 0.29) is 18.8 Å². The van der Waals surface area contributed by atoms with Gasteiger partial charge in [-0.25, -0.2) is 4.79 Å². The van der Waals surface area contributed by atoms with Crippen LogP contribution in [0.15, 0.2) is 150 Å². The second kappa shape index (κ2) is 14.0.